The maximum atomic E-state index is 12.6. The molecule has 0 aliphatic carbocycles. The third-order valence-corrected chi connectivity index (χ3v) is 4.08. The Morgan fingerprint density at radius 2 is 1.92 bits per heavy atom. The van der Waals surface area contributed by atoms with Crippen LogP contribution in [0.3, 0.4) is 0 Å². The van der Waals surface area contributed by atoms with Crippen molar-refractivity contribution in [1.29, 1.82) is 0 Å². The van der Waals surface area contributed by atoms with Gasteiger partial charge in [-0.15, -0.1) is 11.8 Å². The first-order chi connectivity index (χ1) is 11.9. The Kier molecular flexibility index (Phi) is 6.55. The Balaban J connectivity index is 2.24. The van der Waals surface area contributed by atoms with Crippen LogP contribution in [0.2, 0.25) is 0 Å². The molecule has 0 aliphatic heterocycles. The molecule has 1 aromatic heterocycles. The summed E-state index contributed by atoms with van der Waals surface area (Å²) in [6, 6.07) is 8.97. The molecule has 0 radical (unpaired) electrons. The number of thioether (sulfide) groups is 1. The van der Waals surface area contributed by atoms with Crippen molar-refractivity contribution in [2.75, 3.05) is 37.5 Å². The quantitative estimate of drug-likeness (QED) is 0.777. The van der Waals surface area contributed by atoms with Crippen LogP contribution in [0.15, 0.2) is 41.6 Å². The minimum absolute atomic E-state index is 0.143. The number of hydrogen-bond acceptors (Lipinski definition) is 5. The molecule has 0 atom stereocenters. The molecular formula is C18H22N4O2S. The van der Waals surface area contributed by atoms with Gasteiger partial charge >= 0.3 is 0 Å². The average Bonchev–Trinajstić information content (AvgIpc) is 2.56. The molecule has 6 nitrogen and oxygen atoms in total. The minimum Gasteiger partial charge on any atom is -0.323 e. The van der Waals surface area contributed by atoms with E-state index in [-0.39, 0.29) is 18.4 Å². The van der Waals surface area contributed by atoms with Crippen molar-refractivity contribution in [3.8, 4) is 0 Å². The van der Waals surface area contributed by atoms with Crippen molar-refractivity contribution >= 4 is 35.0 Å². The van der Waals surface area contributed by atoms with Gasteiger partial charge in [0.05, 0.1) is 23.5 Å². The van der Waals surface area contributed by atoms with Crippen LogP contribution >= 0.6 is 11.8 Å². The molecule has 25 heavy (non-hydrogen) atoms. The lowest BCUT2D eigenvalue weighted by Gasteiger charge is -2.15. The average molecular weight is 358 g/mol. The lowest BCUT2D eigenvalue weighted by atomic mass is 10.1. The molecule has 2 aromatic rings. The molecule has 0 fully saturated rings. The van der Waals surface area contributed by atoms with Crippen LogP contribution in [0.5, 0.6) is 0 Å². The van der Waals surface area contributed by atoms with E-state index in [1.807, 2.05) is 39.4 Å². The fourth-order valence-corrected chi connectivity index (χ4v) is 2.81. The minimum atomic E-state index is -0.258. The SMILES string of the molecule is CSc1ncccc1C(=O)Nc1cc(C)ccc1NC(=O)CN(C)C. The van der Waals surface area contributed by atoms with Crippen LogP contribution in [0.25, 0.3) is 0 Å². The largest absolute Gasteiger partial charge is 0.323 e. The molecule has 0 bridgehead atoms. The molecule has 0 saturated heterocycles. The highest BCUT2D eigenvalue weighted by molar-refractivity contribution is 7.98. The van der Waals surface area contributed by atoms with E-state index in [9.17, 15) is 9.59 Å². The molecule has 2 N–H and O–H groups in total. The predicted octanol–water partition coefficient (Wildman–Crippen LogP) is 2.86. The van der Waals surface area contributed by atoms with Gasteiger partial charge in [0.15, 0.2) is 0 Å². The molecule has 0 saturated carbocycles. The van der Waals surface area contributed by atoms with Gasteiger partial charge in [-0.05, 0) is 57.1 Å². The van der Waals surface area contributed by atoms with Crippen molar-refractivity contribution in [2.24, 2.45) is 0 Å². The van der Waals surface area contributed by atoms with E-state index >= 15 is 0 Å². The summed E-state index contributed by atoms with van der Waals surface area (Å²) in [5.41, 5.74) is 2.62. The van der Waals surface area contributed by atoms with Crippen molar-refractivity contribution in [3.63, 3.8) is 0 Å². The Bertz CT molecular complexity index is 777. The lowest BCUT2D eigenvalue weighted by Crippen LogP contribution is -2.27. The normalized spacial score (nSPS) is 10.6. The number of carbonyl (C=O) groups is 2. The van der Waals surface area contributed by atoms with E-state index in [4.69, 9.17) is 0 Å². The second kappa shape index (κ2) is 8.64. The standard InChI is InChI=1S/C18H22N4O2S/c1-12-7-8-14(20-16(23)11-22(2)3)15(10-12)21-17(24)13-6-5-9-19-18(13)25-4/h5-10H,11H2,1-4H3,(H,20,23)(H,21,24). The number of aryl methyl sites for hydroxylation is 1. The maximum absolute atomic E-state index is 12.6. The molecule has 1 heterocycles. The van der Waals surface area contributed by atoms with Crippen LogP contribution < -0.4 is 10.6 Å². The number of carbonyl (C=O) groups excluding carboxylic acids is 2. The zero-order valence-corrected chi connectivity index (χ0v) is 15.6. The maximum Gasteiger partial charge on any atom is 0.258 e. The van der Waals surface area contributed by atoms with Crippen LogP contribution in [-0.4, -0.2) is 48.6 Å². The van der Waals surface area contributed by atoms with Gasteiger partial charge in [0.2, 0.25) is 5.91 Å². The molecule has 0 unspecified atom stereocenters. The lowest BCUT2D eigenvalue weighted by molar-refractivity contribution is -0.116. The van der Waals surface area contributed by atoms with E-state index in [2.05, 4.69) is 15.6 Å². The van der Waals surface area contributed by atoms with Crippen molar-refractivity contribution in [1.82, 2.24) is 9.88 Å². The first kappa shape index (κ1) is 19.0. The van der Waals surface area contributed by atoms with Gasteiger partial charge in [-0.25, -0.2) is 4.98 Å². The summed E-state index contributed by atoms with van der Waals surface area (Å²) in [6.07, 6.45) is 3.53. The zero-order valence-electron chi connectivity index (χ0n) is 14.8. The molecule has 0 aliphatic rings. The van der Waals surface area contributed by atoms with E-state index in [1.54, 1.807) is 29.3 Å². The second-order valence-corrected chi connectivity index (χ2v) is 6.64. The van der Waals surface area contributed by atoms with Crippen molar-refractivity contribution < 1.29 is 9.59 Å². The number of pyridine rings is 1. The zero-order chi connectivity index (χ0) is 18.4. The van der Waals surface area contributed by atoms with Crippen molar-refractivity contribution in [3.05, 3.63) is 47.7 Å². The van der Waals surface area contributed by atoms with Crippen LogP contribution in [-0.2, 0) is 4.79 Å². The van der Waals surface area contributed by atoms with Crippen LogP contribution in [0.1, 0.15) is 15.9 Å². The van der Waals surface area contributed by atoms with Gasteiger partial charge in [-0.1, -0.05) is 6.07 Å². The van der Waals surface area contributed by atoms with Crippen LogP contribution in [0.4, 0.5) is 11.4 Å². The van der Waals surface area contributed by atoms with E-state index in [1.165, 1.54) is 11.8 Å². The highest BCUT2D eigenvalue weighted by Gasteiger charge is 2.15. The Morgan fingerprint density at radius 1 is 1.16 bits per heavy atom. The van der Waals surface area contributed by atoms with Gasteiger partial charge in [0, 0.05) is 6.20 Å². The molecule has 2 rings (SSSR count). The van der Waals surface area contributed by atoms with Gasteiger partial charge in [-0.2, -0.15) is 0 Å². The molecule has 7 heteroatoms. The Morgan fingerprint density at radius 3 is 2.60 bits per heavy atom. The number of anilines is 2. The number of nitrogens with one attached hydrogen (secondary N) is 2. The van der Waals surface area contributed by atoms with Crippen LogP contribution in [0, 0.1) is 6.92 Å². The third kappa shape index (κ3) is 5.30. The summed E-state index contributed by atoms with van der Waals surface area (Å²) >= 11 is 1.41. The van der Waals surface area contributed by atoms with Gasteiger partial charge in [0.1, 0.15) is 5.03 Å². The first-order valence-electron chi connectivity index (χ1n) is 7.76. The van der Waals surface area contributed by atoms with E-state index in [0.717, 1.165) is 5.56 Å². The van der Waals surface area contributed by atoms with Gasteiger partial charge in [-0.3, -0.25) is 9.59 Å². The smallest absolute Gasteiger partial charge is 0.258 e. The second-order valence-electron chi connectivity index (χ2n) is 5.85. The highest BCUT2D eigenvalue weighted by Crippen LogP contribution is 2.25. The monoisotopic (exact) mass is 358 g/mol. The third-order valence-electron chi connectivity index (χ3n) is 3.37. The number of aromatic nitrogens is 1. The summed E-state index contributed by atoms with van der Waals surface area (Å²) in [7, 11) is 3.65. The Hall–Kier alpha value is -2.38. The fourth-order valence-electron chi connectivity index (χ4n) is 2.26. The molecule has 1 aromatic carbocycles. The molecule has 2 amide bonds. The first-order valence-corrected chi connectivity index (χ1v) is 8.98. The number of benzene rings is 1. The topological polar surface area (TPSA) is 74.3 Å². The number of amides is 2. The number of hydrogen-bond donors (Lipinski definition) is 2. The molecule has 0 spiro atoms. The summed E-state index contributed by atoms with van der Waals surface area (Å²) in [4.78, 5) is 30.7. The molecule has 132 valence electrons. The predicted molar refractivity (Wildman–Crippen MR) is 102 cm³/mol. The summed E-state index contributed by atoms with van der Waals surface area (Å²) in [6.45, 7) is 2.19. The number of rotatable bonds is 6. The summed E-state index contributed by atoms with van der Waals surface area (Å²) in [5.74, 6) is -0.401. The number of nitrogens with zero attached hydrogens (tertiary/aromatic N) is 2. The Labute approximate surface area is 152 Å². The van der Waals surface area contributed by atoms with Gasteiger partial charge in [0.25, 0.3) is 5.91 Å². The van der Waals surface area contributed by atoms with E-state index in [0.29, 0.717) is 22.0 Å². The summed E-state index contributed by atoms with van der Waals surface area (Å²) in [5, 5.41) is 6.38. The van der Waals surface area contributed by atoms with Gasteiger partial charge < -0.3 is 15.5 Å². The van der Waals surface area contributed by atoms with E-state index < -0.39 is 0 Å². The number of likely N-dealkylation sites (N-methyl/N-ethyl adjacent to an activating group) is 1. The molecular weight excluding hydrogens is 336 g/mol. The van der Waals surface area contributed by atoms with Crippen molar-refractivity contribution in [2.45, 2.75) is 11.9 Å². The summed E-state index contributed by atoms with van der Waals surface area (Å²) < 4.78 is 0. The highest BCUT2D eigenvalue weighted by atomic mass is 32.2. The fraction of sp³-hybridized carbons (Fsp3) is 0.278.